The predicted molar refractivity (Wildman–Crippen MR) is 114 cm³/mol. The number of aryl methyl sites for hydroxylation is 1. The predicted octanol–water partition coefficient (Wildman–Crippen LogP) is 5.41. The average Bonchev–Trinajstić information content (AvgIpc) is 2.99. The highest BCUT2D eigenvalue weighted by Gasteiger charge is 2.47. The molecule has 6 heteroatoms. The molecule has 4 nitrogen and oxygen atoms in total. The summed E-state index contributed by atoms with van der Waals surface area (Å²) in [6.07, 6.45) is 0. The molecule has 150 valence electrons. The number of Topliss-reactive ketones (excluding diaryl/α,β-unsaturated/α-hetero) is 1. The van der Waals surface area contributed by atoms with Crippen molar-refractivity contribution in [2.24, 2.45) is 0 Å². The van der Waals surface area contributed by atoms with E-state index in [1.165, 1.54) is 29.2 Å². The Kier molecular flexibility index (Phi) is 5.14. The van der Waals surface area contributed by atoms with Crippen LogP contribution in [0.2, 0.25) is 5.02 Å². The third-order valence-electron chi connectivity index (χ3n) is 5.01. The molecule has 0 radical (unpaired) electrons. The highest BCUT2D eigenvalue weighted by Crippen LogP contribution is 2.42. The number of carbonyl (C=O) groups excluding carboxylic acids is 2. The molecule has 1 amide bonds. The van der Waals surface area contributed by atoms with E-state index in [-0.39, 0.29) is 16.9 Å². The molecule has 3 aromatic rings. The van der Waals surface area contributed by atoms with Crippen LogP contribution in [0.3, 0.4) is 0 Å². The van der Waals surface area contributed by atoms with Gasteiger partial charge < -0.3 is 5.11 Å². The number of aliphatic hydroxyl groups is 1. The van der Waals surface area contributed by atoms with Crippen molar-refractivity contribution < 1.29 is 19.1 Å². The second-order valence-corrected chi connectivity index (χ2v) is 7.51. The zero-order valence-corrected chi connectivity index (χ0v) is 16.7. The van der Waals surface area contributed by atoms with Crippen molar-refractivity contribution in [3.05, 3.63) is 106 Å². The summed E-state index contributed by atoms with van der Waals surface area (Å²) in [6.45, 7) is 1.90. The van der Waals surface area contributed by atoms with Gasteiger partial charge in [0.2, 0.25) is 0 Å². The van der Waals surface area contributed by atoms with Crippen molar-refractivity contribution in [1.29, 1.82) is 0 Å². The second-order valence-electron chi connectivity index (χ2n) is 7.07. The van der Waals surface area contributed by atoms with Gasteiger partial charge in [-0.25, -0.2) is 4.39 Å². The minimum Gasteiger partial charge on any atom is -0.507 e. The summed E-state index contributed by atoms with van der Waals surface area (Å²) in [7, 11) is 0. The van der Waals surface area contributed by atoms with Gasteiger partial charge in [-0.2, -0.15) is 0 Å². The fourth-order valence-electron chi connectivity index (χ4n) is 3.64. The largest absolute Gasteiger partial charge is 0.507 e. The minimum absolute atomic E-state index is 0.0582. The van der Waals surface area contributed by atoms with Crippen molar-refractivity contribution in [3.63, 3.8) is 0 Å². The zero-order chi connectivity index (χ0) is 21.4. The van der Waals surface area contributed by atoms with Gasteiger partial charge >= 0.3 is 0 Å². The van der Waals surface area contributed by atoms with Crippen LogP contribution in [0, 0.1) is 12.7 Å². The van der Waals surface area contributed by atoms with Gasteiger partial charge in [-0.15, -0.1) is 0 Å². The Hall–Kier alpha value is -3.44. The highest BCUT2D eigenvalue weighted by atomic mass is 35.5. The van der Waals surface area contributed by atoms with Crippen molar-refractivity contribution in [1.82, 2.24) is 0 Å². The molecule has 1 unspecified atom stereocenters. The topological polar surface area (TPSA) is 57.6 Å². The molecule has 1 aliphatic rings. The number of hydrogen-bond donors (Lipinski definition) is 1. The number of rotatable bonds is 3. The lowest BCUT2D eigenvalue weighted by Crippen LogP contribution is -2.29. The molecule has 0 bridgehead atoms. The van der Waals surface area contributed by atoms with Gasteiger partial charge in [-0.05, 0) is 55.0 Å². The molecule has 0 saturated carbocycles. The summed E-state index contributed by atoms with van der Waals surface area (Å²) in [4.78, 5) is 27.4. The van der Waals surface area contributed by atoms with Gasteiger partial charge in [0.25, 0.3) is 11.7 Å². The molecule has 1 aliphatic heterocycles. The van der Waals surface area contributed by atoms with Gasteiger partial charge in [-0.3, -0.25) is 14.5 Å². The number of anilines is 1. The van der Waals surface area contributed by atoms with Gasteiger partial charge in [0.05, 0.1) is 11.6 Å². The summed E-state index contributed by atoms with van der Waals surface area (Å²) in [5, 5.41) is 11.4. The number of benzene rings is 3. The van der Waals surface area contributed by atoms with E-state index in [0.717, 1.165) is 5.56 Å². The number of carbonyl (C=O) groups is 2. The maximum Gasteiger partial charge on any atom is 0.300 e. The van der Waals surface area contributed by atoms with Crippen LogP contribution in [-0.2, 0) is 9.59 Å². The first-order valence-corrected chi connectivity index (χ1v) is 9.63. The number of hydrogen-bond acceptors (Lipinski definition) is 3. The van der Waals surface area contributed by atoms with E-state index < -0.39 is 23.5 Å². The summed E-state index contributed by atoms with van der Waals surface area (Å²) in [5.74, 6) is -2.42. The number of nitrogens with zero attached hydrogens (tertiary/aromatic N) is 1. The molecule has 0 aliphatic carbocycles. The SMILES string of the molecule is Cc1cccc(C2/C(=C(\O)c3ccc(F)cc3)C(=O)C(=O)N2c2cccc(Cl)c2)c1. The maximum atomic E-state index is 13.3. The summed E-state index contributed by atoms with van der Waals surface area (Å²) in [5.41, 5.74) is 2.23. The van der Waals surface area contributed by atoms with Crippen LogP contribution in [0.25, 0.3) is 5.76 Å². The van der Waals surface area contributed by atoms with Crippen molar-refractivity contribution in [3.8, 4) is 0 Å². The first-order chi connectivity index (χ1) is 14.4. The first kappa shape index (κ1) is 19.9. The summed E-state index contributed by atoms with van der Waals surface area (Å²) in [6, 6.07) is 18.2. The third-order valence-corrected chi connectivity index (χ3v) is 5.24. The molecule has 0 aromatic heterocycles. The Labute approximate surface area is 177 Å². The van der Waals surface area contributed by atoms with Crippen molar-refractivity contribution in [2.45, 2.75) is 13.0 Å². The lowest BCUT2D eigenvalue weighted by Gasteiger charge is -2.25. The van der Waals surface area contributed by atoms with Crippen molar-refractivity contribution in [2.75, 3.05) is 4.90 Å². The Morgan fingerprint density at radius 1 is 1.00 bits per heavy atom. The maximum absolute atomic E-state index is 13.3. The van der Waals surface area contributed by atoms with E-state index in [0.29, 0.717) is 16.3 Å². The molecule has 3 aromatic carbocycles. The molecule has 1 N–H and O–H groups in total. The summed E-state index contributed by atoms with van der Waals surface area (Å²) >= 11 is 6.12. The molecule has 0 spiro atoms. The van der Waals surface area contributed by atoms with Gasteiger partial charge in [0, 0.05) is 16.3 Å². The summed E-state index contributed by atoms with van der Waals surface area (Å²) < 4.78 is 13.3. The standard InChI is InChI=1S/C24H17ClFNO3/c1-14-4-2-5-16(12-14)21-20(22(28)15-8-10-18(26)11-9-15)23(29)24(30)27(21)19-7-3-6-17(25)13-19/h2-13,21,28H,1H3/b22-20+. The fourth-order valence-corrected chi connectivity index (χ4v) is 3.83. The number of ketones is 1. The lowest BCUT2D eigenvalue weighted by atomic mass is 9.94. The Morgan fingerprint density at radius 2 is 1.70 bits per heavy atom. The number of aliphatic hydroxyl groups excluding tert-OH is 1. The van der Waals surface area contributed by atoms with E-state index in [9.17, 15) is 19.1 Å². The smallest absolute Gasteiger partial charge is 0.300 e. The van der Waals surface area contributed by atoms with E-state index in [1.54, 1.807) is 30.3 Å². The normalized spacial score (nSPS) is 18.1. The van der Waals surface area contributed by atoms with Crippen LogP contribution in [0.5, 0.6) is 0 Å². The molecule has 30 heavy (non-hydrogen) atoms. The second kappa shape index (κ2) is 7.76. The molecule has 1 saturated heterocycles. The molecule has 1 atom stereocenters. The Bertz CT molecular complexity index is 1190. The first-order valence-electron chi connectivity index (χ1n) is 9.26. The van der Waals surface area contributed by atoms with Crippen LogP contribution >= 0.6 is 11.6 Å². The molecular weight excluding hydrogens is 405 g/mol. The minimum atomic E-state index is -0.853. The molecule has 1 heterocycles. The van der Waals surface area contributed by atoms with Gasteiger partial charge in [0.1, 0.15) is 11.6 Å². The quantitative estimate of drug-likeness (QED) is 0.349. The molecule has 1 fully saturated rings. The third kappa shape index (κ3) is 3.48. The number of halogens is 2. The van der Waals surface area contributed by atoms with Crippen LogP contribution in [-0.4, -0.2) is 16.8 Å². The highest BCUT2D eigenvalue weighted by molar-refractivity contribution is 6.51. The van der Waals surface area contributed by atoms with Crippen LogP contribution in [0.15, 0.2) is 78.4 Å². The van der Waals surface area contributed by atoms with Gasteiger partial charge in [0.15, 0.2) is 0 Å². The number of amides is 1. The van der Waals surface area contributed by atoms with Crippen LogP contribution in [0.1, 0.15) is 22.7 Å². The Balaban J connectivity index is 1.96. The lowest BCUT2D eigenvalue weighted by molar-refractivity contribution is -0.132. The molecule has 4 rings (SSSR count). The van der Waals surface area contributed by atoms with Crippen LogP contribution in [0.4, 0.5) is 10.1 Å². The fraction of sp³-hybridized carbons (Fsp3) is 0.0833. The molecular formula is C24H17ClFNO3. The van der Waals surface area contributed by atoms with E-state index >= 15 is 0 Å². The van der Waals surface area contributed by atoms with E-state index in [2.05, 4.69) is 0 Å². The van der Waals surface area contributed by atoms with E-state index in [1.807, 2.05) is 25.1 Å². The van der Waals surface area contributed by atoms with Crippen molar-refractivity contribution >= 4 is 34.7 Å². The van der Waals surface area contributed by atoms with Gasteiger partial charge in [-0.1, -0.05) is 47.5 Å². The monoisotopic (exact) mass is 421 g/mol. The zero-order valence-electron chi connectivity index (χ0n) is 16.0. The Morgan fingerprint density at radius 3 is 2.37 bits per heavy atom. The average molecular weight is 422 g/mol. The van der Waals surface area contributed by atoms with E-state index in [4.69, 9.17) is 11.6 Å². The van der Waals surface area contributed by atoms with Crippen LogP contribution < -0.4 is 4.90 Å².